The second kappa shape index (κ2) is 15.6. The van der Waals surface area contributed by atoms with Crippen molar-refractivity contribution in [1.82, 2.24) is 5.32 Å². The van der Waals surface area contributed by atoms with Gasteiger partial charge >= 0.3 is 17.9 Å². The molecule has 26 heavy (non-hydrogen) atoms. The number of carboxylic acid groups (broad SMARTS) is 2. The average Bonchev–Trinajstić information content (AvgIpc) is 2.60. The molecule has 0 aliphatic heterocycles. The van der Waals surface area contributed by atoms with Crippen LogP contribution in [0.4, 0.5) is 0 Å². The summed E-state index contributed by atoms with van der Waals surface area (Å²) in [7, 11) is 1.24. The SMILES string of the molecule is CCCCCCCCCCCCC(NC(CC(=O)O)C(=O)O)C(=O)OC. The number of carboxylic acids is 2. The van der Waals surface area contributed by atoms with E-state index in [-0.39, 0.29) is 0 Å². The molecule has 0 saturated carbocycles. The van der Waals surface area contributed by atoms with Crippen molar-refractivity contribution < 1.29 is 29.3 Å². The van der Waals surface area contributed by atoms with E-state index in [1.807, 2.05) is 0 Å². The number of aliphatic carboxylic acids is 2. The van der Waals surface area contributed by atoms with Crippen LogP contribution in [0.25, 0.3) is 0 Å². The number of nitrogens with one attached hydrogen (secondary N) is 1. The summed E-state index contributed by atoms with van der Waals surface area (Å²) in [6.45, 7) is 2.21. The van der Waals surface area contributed by atoms with Crippen molar-refractivity contribution in [3.05, 3.63) is 0 Å². The number of carbonyl (C=O) groups excluding carboxylic acids is 1. The van der Waals surface area contributed by atoms with Crippen LogP contribution >= 0.6 is 0 Å². The Morgan fingerprint density at radius 1 is 0.846 bits per heavy atom. The fourth-order valence-corrected chi connectivity index (χ4v) is 2.88. The fraction of sp³-hybridized carbons (Fsp3) is 0.842. The van der Waals surface area contributed by atoms with Crippen LogP contribution in [0, 0.1) is 0 Å². The first-order chi connectivity index (χ1) is 12.4. The third-order valence-electron chi connectivity index (χ3n) is 4.41. The van der Waals surface area contributed by atoms with Gasteiger partial charge in [0.15, 0.2) is 0 Å². The third kappa shape index (κ3) is 12.7. The molecule has 0 saturated heterocycles. The first kappa shape index (κ1) is 24.4. The molecule has 0 amide bonds. The Bertz CT molecular complexity index is 413. The van der Waals surface area contributed by atoms with E-state index in [1.165, 1.54) is 52.1 Å². The molecule has 152 valence electrons. The number of carbonyl (C=O) groups is 3. The molecule has 0 aromatic carbocycles. The molecule has 0 rings (SSSR count). The van der Waals surface area contributed by atoms with Gasteiger partial charge in [0.05, 0.1) is 13.5 Å². The van der Waals surface area contributed by atoms with Gasteiger partial charge in [0.2, 0.25) is 0 Å². The average molecular weight is 373 g/mol. The van der Waals surface area contributed by atoms with Crippen LogP contribution in [0.5, 0.6) is 0 Å². The normalized spacial score (nSPS) is 13.2. The zero-order chi connectivity index (χ0) is 19.8. The monoisotopic (exact) mass is 373 g/mol. The van der Waals surface area contributed by atoms with Crippen molar-refractivity contribution in [1.29, 1.82) is 0 Å². The number of hydrogen-bond acceptors (Lipinski definition) is 5. The largest absolute Gasteiger partial charge is 0.481 e. The molecule has 0 aliphatic rings. The van der Waals surface area contributed by atoms with E-state index in [0.29, 0.717) is 6.42 Å². The van der Waals surface area contributed by atoms with E-state index in [9.17, 15) is 14.4 Å². The molecule has 7 nitrogen and oxygen atoms in total. The lowest BCUT2D eigenvalue weighted by Gasteiger charge is -2.20. The first-order valence-electron chi connectivity index (χ1n) is 9.70. The van der Waals surface area contributed by atoms with Gasteiger partial charge in [0.1, 0.15) is 12.1 Å². The number of unbranched alkanes of at least 4 members (excludes halogenated alkanes) is 9. The molecule has 0 fully saturated rings. The Morgan fingerprint density at radius 3 is 1.77 bits per heavy atom. The second-order valence-electron chi connectivity index (χ2n) is 6.70. The van der Waals surface area contributed by atoms with Crippen molar-refractivity contribution >= 4 is 17.9 Å². The lowest BCUT2D eigenvalue weighted by Crippen LogP contribution is -2.48. The van der Waals surface area contributed by atoms with Crippen molar-refractivity contribution in [2.75, 3.05) is 7.11 Å². The lowest BCUT2D eigenvalue weighted by atomic mass is 10.0. The molecule has 0 heterocycles. The van der Waals surface area contributed by atoms with Gasteiger partial charge in [-0.15, -0.1) is 0 Å². The molecule has 2 unspecified atom stereocenters. The fourth-order valence-electron chi connectivity index (χ4n) is 2.88. The molecule has 0 aromatic heterocycles. The Balaban J connectivity index is 4.09. The van der Waals surface area contributed by atoms with Gasteiger partial charge in [0.25, 0.3) is 0 Å². The van der Waals surface area contributed by atoms with Crippen LogP contribution in [0.2, 0.25) is 0 Å². The molecule has 7 heteroatoms. The first-order valence-corrected chi connectivity index (χ1v) is 9.70. The van der Waals surface area contributed by atoms with Crippen molar-refractivity contribution in [3.8, 4) is 0 Å². The second-order valence-corrected chi connectivity index (χ2v) is 6.70. The smallest absolute Gasteiger partial charge is 0.322 e. The number of ether oxygens (including phenoxy) is 1. The topological polar surface area (TPSA) is 113 Å². The maximum absolute atomic E-state index is 11.8. The number of rotatable bonds is 17. The summed E-state index contributed by atoms with van der Waals surface area (Å²) >= 11 is 0. The van der Waals surface area contributed by atoms with E-state index in [2.05, 4.69) is 12.2 Å². The van der Waals surface area contributed by atoms with E-state index in [4.69, 9.17) is 14.9 Å². The zero-order valence-corrected chi connectivity index (χ0v) is 16.2. The highest BCUT2D eigenvalue weighted by Crippen LogP contribution is 2.13. The Morgan fingerprint density at radius 2 is 1.35 bits per heavy atom. The third-order valence-corrected chi connectivity index (χ3v) is 4.41. The van der Waals surface area contributed by atoms with Gasteiger partial charge < -0.3 is 14.9 Å². The molecular weight excluding hydrogens is 338 g/mol. The van der Waals surface area contributed by atoms with Crippen molar-refractivity contribution in [2.24, 2.45) is 0 Å². The maximum Gasteiger partial charge on any atom is 0.322 e. The Kier molecular flexibility index (Phi) is 14.6. The van der Waals surface area contributed by atoms with Gasteiger partial charge in [0, 0.05) is 0 Å². The van der Waals surface area contributed by atoms with Gasteiger partial charge in [-0.25, -0.2) is 0 Å². The predicted molar refractivity (Wildman–Crippen MR) is 99.1 cm³/mol. The van der Waals surface area contributed by atoms with E-state index < -0.39 is 36.4 Å². The minimum absolute atomic E-state index is 0.437. The van der Waals surface area contributed by atoms with Crippen molar-refractivity contribution in [3.63, 3.8) is 0 Å². The van der Waals surface area contributed by atoms with Crippen molar-refractivity contribution in [2.45, 2.75) is 96.1 Å². The molecule has 0 aliphatic carbocycles. The van der Waals surface area contributed by atoms with E-state index >= 15 is 0 Å². The predicted octanol–water partition coefficient (Wildman–Crippen LogP) is 3.36. The van der Waals surface area contributed by atoms with Crippen LogP contribution in [0.15, 0.2) is 0 Å². The van der Waals surface area contributed by atoms with Crippen LogP contribution in [0.1, 0.15) is 84.0 Å². The van der Waals surface area contributed by atoms with Crippen LogP contribution in [-0.2, 0) is 19.1 Å². The molecular formula is C19H35NO6. The van der Waals surface area contributed by atoms with E-state index in [0.717, 1.165) is 19.3 Å². The standard InChI is InChI=1S/C19H35NO6/c1-3-4-5-6-7-8-9-10-11-12-13-15(19(25)26-2)20-16(18(23)24)14-17(21)22/h15-16,20H,3-14H2,1-2H3,(H,21,22)(H,23,24). The highest BCUT2D eigenvalue weighted by Gasteiger charge is 2.28. The number of methoxy groups -OCH3 is 1. The summed E-state index contributed by atoms with van der Waals surface area (Å²) in [5, 5.41) is 20.5. The van der Waals surface area contributed by atoms with Gasteiger partial charge in [-0.3, -0.25) is 19.7 Å². The molecule has 2 atom stereocenters. The summed E-state index contributed by atoms with van der Waals surface area (Å²) < 4.78 is 4.70. The van der Waals surface area contributed by atoms with Crippen LogP contribution in [-0.4, -0.2) is 47.3 Å². The van der Waals surface area contributed by atoms with Crippen LogP contribution < -0.4 is 5.32 Å². The molecule has 3 N–H and O–H groups in total. The van der Waals surface area contributed by atoms with Gasteiger partial charge in [-0.2, -0.15) is 0 Å². The zero-order valence-electron chi connectivity index (χ0n) is 16.2. The van der Waals surface area contributed by atoms with Gasteiger partial charge in [-0.1, -0.05) is 71.1 Å². The summed E-state index contributed by atoms with van der Waals surface area (Å²) in [6, 6.07) is -2.10. The molecule has 0 aromatic rings. The molecule has 0 radical (unpaired) electrons. The number of esters is 1. The Hall–Kier alpha value is -1.63. The number of hydrogen-bond donors (Lipinski definition) is 3. The quantitative estimate of drug-likeness (QED) is 0.265. The molecule has 0 spiro atoms. The summed E-state index contributed by atoms with van der Waals surface area (Å²) in [4.78, 5) is 33.7. The highest BCUT2D eigenvalue weighted by molar-refractivity contribution is 5.82. The summed E-state index contributed by atoms with van der Waals surface area (Å²) in [6.07, 6.45) is 11.5. The maximum atomic E-state index is 11.8. The van der Waals surface area contributed by atoms with Crippen LogP contribution in [0.3, 0.4) is 0 Å². The lowest BCUT2D eigenvalue weighted by molar-refractivity contribution is -0.148. The highest BCUT2D eigenvalue weighted by atomic mass is 16.5. The van der Waals surface area contributed by atoms with Gasteiger partial charge in [-0.05, 0) is 6.42 Å². The molecule has 0 bridgehead atoms. The Labute approximate surface area is 156 Å². The summed E-state index contributed by atoms with van der Waals surface area (Å²) in [5.74, 6) is -3.07. The summed E-state index contributed by atoms with van der Waals surface area (Å²) in [5.41, 5.74) is 0. The minimum Gasteiger partial charge on any atom is -0.481 e. The minimum atomic E-state index is -1.31. The van der Waals surface area contributed by atoms with E-state index in [1.54, 1.807) is 0 Å².